The highest BCUT2D eigenvalue weighted by Gasteiger charge is 2.39. The molecular formula is C25H41ClN2O2. The summed E-state index contributed by atoms with van der Waals surface area (Å²) in [4.78, 5) is 12.9. The van der Waals surface area contributed by atoms with Crippen molar-refractivity contribution in [2.75, 3.05) is 19.6 Å². The van der Waals surface area contributed by atoms with Crippen LogP contribution in [0.5, 0.6) is 0 Å². The molecule has 2 bridgehead atoms. The molecule has 30 heavy (non-hydrogen) atoms. The van der Waals surface area contributed by atoms with Crippen LogP contribution < -0.4 is 10.6 Å². The third-order valence-corrected chi connectivity index (χ3v) is 6.97. The predicted octanol–water partition coefficient (Wildman–Crippen LogP) is 5.36. The summed E-state index contributed by atoms with van der Waals surface area (Å²) in [7, 11) is 0. The van der Waals surface area contributed by atoms with E-state index in [9.17, 15) is 9.90 Å². The lowest BCUT2D eigenvalue weighted by atomic mass is 9.62. The van der Waals surface area contributed by atoms with Crippen LogP contribution in [0.3, 0.4) is 0 Å². The van der Waals surface area contributed by atoms with Gasteiger partial charge in [0.1, 0.15) is 0 Å². The van der Waals surface area contributed by atoms with Crippen molar-refractivity contribution in [1.29, 1.82) is 0 Å². The molecule has 2 aliphatic rings. The summed E-state index contributed by atoms with van der Waals surface area (Å²) < 4.78 is 0. The minimum absolute atomic E-state index is 0. The van der Waals surface area contributed by atoms with Gasteiger partial charge in [-0.15, -0.1) is 0 Å². The predicted molar refractivity (Wildman–Crippen MR) is 126 cm³/mol. The minimum Gasteiger partial charge on any atom is -0.389 e. The van der Waals surface area contributed by atoms with E-state index in [0.717, 1.165) is 37.4 Å². The molecule has 0 aliphatic heterocycles. The van der Waals surface area contributed by atoms with Crippen molar-refractivity contribution >= 4 is 17.5 Å². The van der Waals surface area contributed by atoms with Crippen molar-refractivity contribution in [2.45, 2.75) is 84.7 Å². The van der Waals surface area contributed by atoms with Crippen LogP contribution in [0.4, 0.5) is 0 Å². The van der Waals surface area contributed by atoms with Gasteiger partial charge >= 0.3 is 0 Å². The van der Waals surface area contributed by atoms with E-state index >= 15 is 0 Å². The van der Waals surface area contributed by atoms with Crippen molar-refractivity contribution in [3.05, 3.63) is 34.3 Å². The molecule has 5 heteroatoms. The van der Waals surface area contributed by atoms with Crippen LogP contribution in [-0.2, 0) is 6.42 Å². The second kappa shape index (κ2) is 11.0. The average molecular weight is 437 g/mol. The van der Waals surface area contributed by atoms with Crippen LogP contribution in [-0.4, -0.2) is 36.2 Å². The maximum Gasteiger partial charge on any atom is 0.252 e. The molecule has 4 nitrogen and oxygen atoms in total. The van der Waals surface area contributed by atoms with Crippen LogP contribution in [0, 0.1) is 11.3 Å². The SMILES string of the molecule is C.CC(C)(O)CNCCCc1ccc(Cl)c(C(=O)NCC23CCCC(CCC2)C3)c1. The first kappa shape index (κ1) is 25.2. The number of rotatable bonds is 9. The normalized spacial score (nSPS) is 23.5. The van der Waals surface area contributed by atoms with Crippen LogP contribution in [0.25, 0.3) is 0 Å². The Hall–Kier alpha value is -1.10. The van der Waals surface area contributed by atoms with Gasteiger partial charge in [0, 0.05) is 13.1 Å². The molecule has 2 saturated carbocycles. The number of nitrogens with one attached hydrogen (secondary N) is 2. The Bertz CT molecular complexity index is 689. The number of hydrogen-bond donors (Lipinski definition) is 3. The molecule has 170 valence electrons. The first-order valence-corrected chi connectivity index (χ1v) is 11.6. The zero-order valence-corrected chi connectivity index (χ0v) is 18.8. The van der Waals surface area contributed by atoms with Gasteiger partial charge < -0.3 is 15.7 Å². The zero-order chi connectivity index (χ0) is 20.9. The Morgan fingerprint density at radius 3 is 2.63 bits per heavy atom. The van der Waals surface area contributed by atoms with Crippen molar-refractivity contribution in [1.82, 2.24) is 10.6 Å². The van der Waals surface area contributed by atoms with Gasteiger partial charge in [0.2, 0.25) is 0 Å². The molecule has 0 aromatic heterocycles. The molecule has 0 radical (unpaired) electrons. The highest BCUT2D eigenvalue weighted by atomic mass is 35.5. The Morgan fingerprint density at radius 2 is 1.97 bits per heavy atom. The Kier molecular flexibility index (Phi) is 9.20. The highest BCUT2D eigenvalue weighted by molar-refractivity contribution is 6.33. The fourth-order valence-electron chi connectivity index (χ4n) is 5.15. The first-order chi connectivity index (χ1) is 13.8. The van der Waals surface area contributed by atoms with Crippen LogP contribution >= 0.6 is 11.6 Å². The standard InChI is InChI=1S/C24H37ClN2O2.CH4/c1-23(2,29)16-26-13-5-8-18-9-10-21(25)20(14-18)22(28)27-17-24-11-3-6-19(15-24)7-4-12-24;/h9-10,14,19,26,29H,3-8,11-13,15-17H2,1-2H3,(H,27,28);1H4. The van der Waals surface area contributed by atoms with Gasteiger partial charge in [-0.05, 0) is 81.5 Å². The van der Waals surface area contributed by atoms with Gasteiger partial charge in [0.15, 0.2) is 0 Å². The lowest BCUT2D eigenvalue weighted by Gasteiger charge is -2.45. The smallest absolute Gasteiger partial charge is 0.252 e. The van der Waals surface area contributed by atoms with Gasteiger partial charge in [0.05, 0.1) is 16.2 Å². The molecule has 1 amide bonds. The Labute approximate surface area is 188 Å². The second-order valence-corrected chi connectivity index (χ2v) is 10.4. The third kappa shape index (κ3) is 7.25. The summed E-state index contributed by atoms with van der Waals surface area (Å²) >= 11 is 6.35. The van der Waals surface area contributed by atoms with E-state index < -0.39 is 5.60 Å². The molecule has 3 rings (SSSR count). The van der Waals surface area contributed by atoms with Gasteiger partial charge in [-0.2, -0.15) is 0 Å². The molecule has 0 spiro atoms. The number of hydrogen-bond acceptors (Lipinski definition) is 3. The molecule has 2 aliphatic carbocycles. The quantitative estimate of drug-likeness (QED) is 0.456. The number of aryl methyl sites for hydroxylation is 1. The lowest BCUT2D eigenvalue weighted by Crippen LogP contribution is -2.43. The van der Waals surface area contributed by atoms with E-state index in [0.29, 0.717) is 22.5 Å². The van der Waals surface area contributed by atoms with Crippen molar-refractivity contribution in [3.63, 3.8) is 0 Å². The molecule has 0 saturated heterocycles. The molecule has 0 heterocycles. The monoisotopic (exact) mass is 436 g/mol. The summed E-state index contributed by atoms with van der Waals surface area (Å²) in [6, 6.07) is 5.78. The number of benzene rings is 1. The molecule has 1 aromatic carbocycles. The lowest BCUT2D eigenvalue weighted by molar-refractivity contribution is 0.0681. The van der Waals surface area contributed by atoms with E-state index in [1.165, 1.54) is 44.9 Å². The maximum atomic E-state index is 12.9. The van der Waals surface area contributed by atoms with Crippen LogP contribution in [0.15, 0.2) is 18.2 Å². The van der Waals surface area contributed by atoms with Crippen molar-refractivity contribution in [2.24, 2.45) is 11.3 Å². The van der Waals surface area contributed by atoms with Gasteiger partial charge in [-0.25, -0.2) is 0 Å². The maximum absolute atomic E-state index is 12.9. The van der Waals surface area contributed by atoms with Gasteiger partial charge in [-0.1, -0.05) is 50.8 Å². The summed E-state index contributed by atoms with van der Waals surface area (Å²) in [6.07, 6.45) is 10.9. The van der Waals surface area contributed by atoms with Crippen LogP contribution in [0.2, 0.25) is 5.02 Å². The average Bonchev–Trinajstić information content (AvgIpc) is 2.66. The summed E-state index contributed by atoms with van der Waals surface area (Å²) in [5, 5.41) is 16.7. The Morgan fingerprint density at radius 1 is 1.27 bits per heavy atom. The number of aliphatic hydroxyl groups is 1. The molecule has 2 fully saturated rings. The largest absolute Gasteiger partial charge is 0.389 e. The number of carbonyl (C=O) groups excluding carboxylic acids is 1. The highest BCUT2D eigenvalue weighted by Crippen LogP contribution is 2.48. The topological polar surface area (TPSA) is 61.4 Å². The summed E-state index contributed by atoms with van der Waals surface area (Å²) in [6.45, 7) is 5.78. The van der Waals surface area contributed by atoms with Gasteiger partial charge in [-0.3, -0.25) is 4.79 Å². The van der Waals surface area contributed by atoms with Gasteiger partial charge in [0.25, 0.3) is 5.91 Å². The van der Waals surface area contributed by atoms with E-state index in [4.69, 9.17) is 11.6 Å². The van der Waals surface area contributed by atoms with E-state index in [2.05, 4.69) is 10.6 Å². The fourth-order valence-corrected chi connectivity index (χ4v) is 5.35. The Balaban J connectivity index is 0.00000320. The minimum atomic E-state index is -0.693. The molecule has 3 N–H and O–H groups in total. The first-order valence-electron chi connectivity index (χ1n) is 11.3. The number of carbonyl (C=O) groups is 1. The summed E-state index contributed by atoms with van der Waals surface area (Å²) in [5.41, 5.74) is 1.33. The molecule has 0 atom stereocenters. The molecule has 1 aromatic rings. The summed E-state index contributed by atoms with van der Waals surface area (Å²) in [5.74, 6) is 0.824. The van der Waals surface area contributed by atoms with E-state index in [1.807, 2.05) is 18.2 Å². The second-order valence-electron chi connectivity index (χ2n) is 9.94. The number of fused-ring (bicyclic) bond motifs is 2. The van der Waals surface area contributed by atoms with Crippen LogP contribution in [0.1, 0.15) is 88.6 Å². The van der Waals surface area contributed by atoms with E-state index in [-0.39, 0.29) is 13.3 Å². The fraction of sp³-hybridized carbons (Fsp3) is 0.720. The van der Waals surface area contributed by atoms with E-state index in [1.54, 1.807) is 13.8 Å². The third-order valence-electron chi connectivity index (χ3n) is 6.64. The number of amides is 1. The zero-order valence-electron chi connectivity index (χ0n) is 18.0. The molecular weight excluding hydrogens is 396 g/mol. The number of halogens is 1. The molecule has 0 unspecified atom stereocenters. The van der Waals surface area contributed by atoms with Crippen molar-refractivity contribution in [3.8, 4) is 0 Å². The van der Waals surface area contributed by atoms with Crippen molar-refractivity contribution < 1.29 is 9.90 Å².